The molecule has 0 spiro atoms. The summed E-state index contributed by atoms with van der Waals surface area (Å²) >= 11 is 6.59. The van der Waals surface area contributed by atoms with Crippen LogP contribution in [0.3, 0.4) is 0 Å². The molecule has 0 saturated carbocycles. The second-order valence-corrected chi connectivity index (χ2v) is 5.77. The summed E-state index contributed by atoms with van der Waals surface area (Å²) in [6.45, 7) is 0.221. The Morgan fingerprint density at radius 2 is 2.00 bits per heavy atom. The maximum atomic E-state index is 13.2. The number of carbonyl (C=O) groups excluding carboxylic acids is 1. The fraction of sp³-hybridized carbons (Fsp3) is 0.0714. The molecule has 0 aliphatic rings. The topological polar surface area (TPSA) is 55.1 Å². The standard InChI is InChI=1S/C14H11Br2FN2O/c15-11-5-4-9(17)6-8(11)7-19-14(20)10-2-1-3-12(18)13(10)16/h1-6H,7,18H2,(H,19,20). The van der Waals surface area contributed by atoms with Gasteiger partial charge >= 0.3 is 0 Å². The number of halogens is 3. The third kappa shape index (κ3) is 3.37. The number of amides is 1. The second kappa shape index (κ2) is 6.37. The molecule has 20 heavy (non-hydrogen) atoms. The Morgan fingerprint density at radius 1 is 1.25 bits per heavy atom. The number of hydrogen-bond donors (Lipinski definition) is 2. The van der Waals surface area contributed by atoms with Crippen LogP contribution in [0, 0.1) is 5.82 Å². The molecule has 3 nitrogen and oxygen atoms in total. The number of hydrogen-bond acceptors (Lipinski definition) is 2. The van der Waals surface area contributed by atoms with E-state index in [1.807, 2.05) is 0 Å². The van der Waals surface area contributed by atoms with Crippen molar-refractivity contribution < 1.29 is 9.18 Å². The zero-order chi connectivity index (χ0) is 14.7. The van der Waals surface area contributed by atoms with Gasteiger partial charge in [-0.25, -0.2) is 4.39 Å². The third-order valence-electron chi connectivity index (χ3n) is 2.72. The predicted molar refractivity (Wildman–Crippen MR) is 83.8 cm³/mol. The third-order valence-corrected chi connectivity index (χ3v) is 4.38. The molecule has 0 radical (unpaired) electrons. The molecule has 0 aliphatic heterocycles. The minimum Gasteiger partial charge on any atom is -0.398 e. The van der Waals surface area contributed by atoms with E-state index in [1.54, 1.807) is 24.3 Å². The Labute approximate surface area is 132 Å². The minimum atomic E-state index is -0.345. The first-order valence-electron chi connectivity index (χ1n) is 5.75. The molecule has 0 aliphatic carbocycles. The van der Waals surface area contributed by atoms with Crippen molar-refractivity contribution in [2.45, 2.75) is 6.54 Å². The van der Waals surface area contributed by atoms with Crippen molar-refractivity contribution in [3.05, 3.63) is 62.3 Å². The second-order valence-electron chi connectivity index (χ2n) is 4.13. The summed E-state index contributed by atoms with van der Waals surface area (Å²) in [5.41, 5.74) is 7.32. The van der Waals surface area contributed by atoms with Crippen LogP contribution < -0.4 is 11.1 Å². The molecular weight excluding hydrogens is 391 g/mol. The summed E-state index contributed by atoms with van der Waals surface area (Å²) in [5, 5.41) is 2.73. The fourth-order valence-corrected chi connectivity index (χ4v) is 2.51. The first-order valence-corrected chi connectivity index (χ1v) is 7.33. The van der Waals surface area contributed by atoms with Crippen LogP contribution in [0.1, 0.15) is 15.9 Å². The first kappa shape index (κ1) is 15.0. The molecule has 0 bridgehead atoms. The van der Waals surface area contributed by atoms with Gasteiger partial charge in [0.15, 0.2) is 0 Å². The highest BCUT2D eigenvalue weighted by Crippen LogP contribution is 2.24. The lowest BCUT2D eigenvalue weighted by Gasteiger charge is -2.09. The van der Waals surface area contributed by atoms with Crippen LogP contribution in [0.15, 0.2) is 45.3 Å². The maximum absolute atomic E-state index is 13.2. The van der Waals surface area contributed by atoms with E-state index in [4.69, 9.17) is 5.73 Å². The van der Waals surface area contributed by atoms with E-state index >= 15 is 0 Å². The predicted octanol–water partition coefficient (Wildman–Crippen LogP) is 3.86. The van der Waals surface area contributed by atoms with Crippen molar-refractivity contribution in [2.75, 3.05) is 5.73 Å². The van der Waals surface area contributed by atoms with E-state index in [1.165, 1.54) is 12.1 Å². The van der Waals surface area contributed by atoms with Crippen molar-refractivity contribution >= 4 is 43.5 Å². The summed E-state index contributed by atoms with van der Waals surface area (Å²) in [6.07, 6.45) is 0. The lowest BCUT2D eigenvalue weighted by atomic mass is 10.1. The Hall–Kier alpha value is -1.40. The van der Waals surface area contributed by atoms with Crippen molar-refractivity contribution in [1.82, 2.24) is 5.32 Å². The molecule has 1 amide bonds. The average Bonchev–Trinajstić information content (AvgIpc) is 2.42. The van der Waals surface area contributed by atoms with Crippen LogP contribution in [0.2, 0.25) is 0 Å². The van der Waals surface area contributed by atoms with E-state index in [-0.39, 0.29) is 18.3 Å². The van der Waals surface area contributed by atoms with Gasteiger partial charge in [0.1, 0.15) is 5.82 Å². The van der Waals surface area contributed by atoms with Gasteiger partial charge in [-0.3, -0.25) is 4.79 Å². The van der Waals surface area contributed by atoms with Crippen molar-refractivity contribution in [2.24, 2.45) is 0 Å². The molecule has 0 aromatic heterocycles. The fourth-order valence-electron chi connectivity index (χ4n) is 1.67. The Kier molecular flexibility index (Phi) is 4.77. The minimum absolute atomic E-state index is 0.221. The quantitative estimate of drug-likeness (QED) is 0.767. The van der Waals surface area contributed by atoms with Crippen LogP contribution in [-0.4, -0.2) is 5.91 Å². The molecule has 0 unspecified atom stereocenters. The largest absolute Gasteiger partial charge is 0.398 e. The molecule has 0 saturated heterocycles. The number of benzene rings is 2. The van der Waals surface area contributed by atoms with Gasteiger partial charge in [-0.1, -0.05) is 22.0 Å². The zero-order valence-electron chi connectivity index (χ0n) is 10.3. The van der Waals surface area contributed by atoms with Gasteiger partial charge < -0.3 is 11.1 Å². The van der Waals surface area contributed by atoms with Gasteiger partial charge in [-0.2, -0.15) is 0 Å². The van der Waals surface area contributed by atoms with Crippen molar-refractivity contribution in [3.8, 4) is 0 Å². The molecule has 2 aromatic carbocycles. The number of carbonyl (C=O) groups is 1. The maximum Gasteiger partial charge on any atom is 0.252 e. The first-order chi connectivity index (χ1) is 9.49. The summed E-state index contributed by atoms with van der Waals surface area (Å²) in [5.74, 6) is -0.622. The molecule has 0 fully saturated rings. The van der Waals surface area contributed by atoms with Crippen molar-refractivity contribution in [1.29, 1.82) is 0 Å². The van der Waals surface area contributed by atoms with Crippen LogP contribution >= 0.6 is 31.9 Å². The van der Waals surface area contributed by atoms with Crippen molar-refractivity contribution in [3.63, 3.8) is 0 Å². The smallest absolute Gasteiger partial charge is 0.252 e. The average molecular weight is 402 g/mol. The van der Waals surface area contributed by atoms with Crippen LogP contribution in [0.5, 0.6) is 0 Å². The Morgan fingerprint density at radius 3 is 2.75 bits per heavy atom. The highest BCUT2D eigenvalue weighted by Gasteiger charge is 2.12. The van der Waals surface area contributed by atoms with Crippen LogP contribution in [0.25, 0.3) is 0 Å². The molecule has 2 rings (SSSR count). The molecule has 0 atom stereocenters. The lowest BCUT2D eigenvalue weighted by Crippen LogP contribution is -2.23. The van der Waals surface area contributed by atoms with Gasteiger partial charge in [0.05, 0.1) is 10.0 Å². The SMILES string of the molecule is Nc1cccc(C(=O)NCc2cc(F)ccc2Br)c1Br. The van der Waals surface area contributed by atoms with Gasteiger partial charge in [-0.05, 0) is 51.8 Å². The summed E-state index contributed by atoms with van der Waals surface area (Å²) in [7, 11) is 0. The monoisotopic (exact) mass is 400 g/mol. The van der Waals surface area contributed by atoms with Crippen LogP contribution in [0.4, 0.5) is 10.1 Å². The number of anilines is 1. The Balaban J connectivity index is 2.13. The van der Waals surface area contributed by atoms with E-state index in [2.05, 4.69) is 37.2 Å². The Bertz CT molecular complexity index is 662. The normalized spacial score (nSPS) is 10.3. The summed E-state index contributed by atoms with van der Waals surface area (Å²) < 4.78 is 14.4. The molecule has 2 aromatic rings. The van der Waals surface area contributed by atoms with E-state index in [9.17, 15) is 9.18 Å². The van der Waals surface area contributed by atoms with Gasteiger partial charge in [0, 0.05) is 16.7 Å². The van der Waals surface area contributed by atoms with E-state index in [0.29, 0.717) is 21.3 Å². The van der Waals surface area contributed by atoms with E-state index in [0.717, 1.165) is 4.47 Å². The van der Waals surface area contributed by atoms with E-state index < -0.39 is 0 Å². The number of nitrogens with two attached hydrogens (primary N) is 1. The summed E-state index contributed by atoms with van der Waals surface area (Å²) in [6, 6.07) is 9.39. The zero-order valence-corrected chi connectivity index (χ0v) is 13.5. The molecule has 104 valence electrons. The lowest BCUT2D eigenvalue weighted by molar-refractivity contribution is 0.0950. The highest BCUT2D eigenvalue weighted by molar-refractivity contribution is 9.11. The van der Waals surface area contributed by atoms with Gasteiger partial charge in [0.2, 0.25) is 0 Å². The molecule has 6 heteroatoms. The number of nitrogens with one attached hydrogen (secondary N) is 1. The molecule has 3 N–H and O–H groups in total. The molecule has 0 heterocycles. The highest BCUT2D eigenvalue weighted by atomic mass is 79.9. The van der Waals surface area contributed by atoms with Crippen LogP contribution in [-0.2, 0) is 6.54 Å². The number of rotatable bonds is 3. The summed E-state index contributed by atoms with van der Waals surface area (Å²) in [4.78, 5) is 12.1. The number of nitrogen functional groups attached to an aromatic ring is 1. The van der Waals surface area contributed by atoms with Gasteiger partial charge in [-0.15, -0.1) is 0 Å². The molecular formula is C14H11Br2FN2O. The van der Waals surface area contributed by atoms with Gasteiger partial charge in [0.25, 0.3) is 5.91 Å².